The van der Waals surface area contributed by atoms with Crippen molar-refractivity contribution < 1.29 is 0 Å². The fraction of sp³-hybridized carbons (Fsp3) is 0.667. The zero-order chi connectivity index (χ0) is 14.9. The van der Waals surface area contributed by atoms with Crippen molar-refractivity contribution in [2.24, 2.45) is 5.73 Å². The Kier molecular flexibility index (Phi) is 4.52. The highest BCUT2D eigenvalue weighted by Gasteiger charge is 2.31. The Labute approximate surface area is 125 Å². The van der Waals surface area contributed by atoms with Crippen LogP contribution in [0.3, 0.4) is 0 Å². The molecule has 1 atom stereocenters. The third-order valence-electron chi connectivity index (χ3n) is 4.34. The molecule has 20 heavy (non-hydrogen) atoms. The summed E-state index contributed by atoms with van der Waals surface area (Å²) >= 11 is 1.71. The van der Waals surface area contributed by atoms with Crippen LogP contribution in [0, 0.1) is 13.8 Å². The topological polar surface area (TPSA) is 46.6 Å². The standard InChI is InChI=1S/C15H26N4S/c1-6-18(7-2)15(5,10-16)8-13-12(4)17-14-19(13)11(3)9-20-14/h9H,6-8,10,16H2,1-5H3. The minimum absolute atomic E-state index is 0.0153. The van der Waals surface area contributed by atoms with Crippen molar-refractivity contribution in [1.29, 1.82) is 0 Å². The van der Waals surface area contributed by atoms with Gasteiger partial charge in [-0.3, -0.25) is 9.30 Å². The fourth-order valence-corrected chi connectivity index (χ4v) is 3.97. The first-order valence-corrected chi connectivity index (χ1v) is 8.22. The smallest absolute Gasteiger partial charge is 0.194 e. The lowest BCUT2D eigenvalue weighted by atomic mass is 9.92. The van der Waals surface area contributed by atoms with E-state index < -0.39 is 0 Å². The van der Waals surface area contributed by atoms with E-state index in [2.05, 4.69) is 54.3 Å². The lowest BCUT2D eigenvalue weighted by Crippen LogP contribution is -2.53. The number of rotatable bonds is 6. The summed E-state index contributed by atoms with van der Waals surface area (Å²) in [6.45, 7) is 13.6. The second-order valence-corrected chi connectivity index (χ2v) is 6.53. The van der Waals surface area contributed by atoms with E-state index in [0.29, 0.717) is 6.54 Å². The molecule has 1 unspecified atom stereocenters. The van der Waals surface area contributed by atoms with Crippen LogP contribution in [-0.4, -0.2) is 39.5 Å². The zero-order valence-corrected chi connectivity index (χ0v) is 14.0. The van der Waals surface area contributed by atoms with Crippen molar-refractivity contribution in [3.05, 3.63) is 22.5 Å². The summed E-state index contributed by atoms with van der Waals surface area (Å²) in [5, 5.41) is 2.17. The number of aryl methyl sites for hydroxylation is 2. The number of imidazole rings is 1. The Hall–Kier alpha value is -0.910. The van der Waals surface area contributed by atoms with Gasteiger partial charge in [-0.1, -0.05) is 13.8 Å². The Morgan fingerprint density at radius 1 is 1.35 bits per heavy atom. The summed E-state index contributed by atoms with van der Waals surface area (Å²) < 4.78 is 2.29. The lowest BCUT2D eigenvalue weighted by Gasteiger charge is -2.39. The number of hydrogen-bond donors (Lipinski definition) is 1. The van der Waals surface area contributed by atoms with Crippen molar-refractivity contribution in [2.75, 3.05) is 19.6 Å². The zero-order valence-electron chi connectivity index (χ0n) is 13.2. The average molecular weight is 294 g/mol. The van der Waals surface area contributed by atoms with Crippen LogP contribution in [0.4, 0.5) is 0 Å². The van der Waals surface area contributed by atoms with E-state index in [1.165, 1.54) is 11.4 Å². The molecule has 0 radical (unpaired) electrons. The van der Waals surface area contributed by atoms with Gasteiger partial charge in [-0.05, 0) is 33.9 Å². The molecule has 112 valence electrons. The molecule has 0 spiro atoms. The van der Waals surface area contributed by atoms with Crippen LogP contribution < -0.4 is 5.73 Å². The average Bonchev–Trinajstić information content (AvgIpc) is 2.92. The van der Waals surface area contributed by atoms with Crippen LogP contribution in [0.15, 0.2) is 5.38 Å². The second kappa shape index (κ2) is 5.84. The van der Waals surface area contributed by atoms with Crippen LogP contribution in [0.1, 0.15) is 37.9 Å². The van der Waals surface area contributed by atoms with Gasteiger partial charge in [0.25, 0.3) is 0 Å². The molecular formula is C15H26N4S. The van der Waals surface area contributed by atoms with Gasteiger partial charge in [0.15, 0.2) is 4.96 Å². The molecule has 5 heteroatoms. The van der Waals surface area contributed by atoms with Crippen molar-refractivity contribution in [3.63, 3.8) is 0 Å². The van der Waals surface area contributed by atoms with Gasteiger partial charge < -0.3 is 5.73 Å². The van der Waals surface area contributed by atoms with Crippen molar-refractivity contribution in [1.82, 2.24) is 14.3 Å². The van der Waals surface area contributed by atoms with Crippen LogP contribution in [0.25, 0.3) is 4.96 Å². The summed E-state index contributed by atoms with van der Waals surface area (Å²) in [4.78, 5) is 8.23. The van der Waals surface area contributed by atoms with Gasteiger partial charge >= 0.3 is 0 Å². The molecule has 0 amide bonds. The number of hydrogen-bond acceptors (Lipinski definition) is 4. The highest BCUT2D eigenvalue weighted by molar-refractivity contribution is 7.15. The van der Waals surface area contributed by atoms with E-state index in [1.807, 2.05) is 0 Å². The van der Waals surface area contributed by atoms with Gasteiger partial charge in [-0.2, -0.15) is 0 Å². The number of nitrogens with zero attached hydrogens (tertiary/aromatic N) is 3. The monoisotopic (exact) mass is 294 g/mol. The molecule has 4 nitrogen and oxygen atoms in total. The number of aromatic nitrogens is 2. The first kappa shape index (κ1) is 15.5. The molecule has 2 aromatic rings. The van der Waals surface area contributed by atoms with Gasteiger partial charge in [-0.25, -0.2) is 4.98 Å². The quantitative estimate of drug-likeness (QED) is 0.891. The predicted octanol–water partition coefficient (Wildman–Crippen LogP) is 2.61. The van der Waals surface area contributed by atoms with E-state index >= 15 is 0 Å². The van der Waals surface area contributed by atoms with E-state index in [1.54, 1.807) is 11.3 Å². The highest BCUT2D eigenvalue weighted by Crippen LogP contribution is 2.26. The summed E-state index contributed by atoms with van der Waals surface area (Å²) in [6, 6.07) is 0. The molecule has 0 aromatic carbocycles. The summed E-state index contributed by atoms with van der Waals surface area (Å²) in [5.41, 5.74) is 9.80. The van der Waals surface area contributed by atoms with Gasteiger partial charge in [0.05, 0.1) is 5.69 Å². The normalized spacial score (nSPS) is 15.2. The molecule has 0 saturated carbocycles. The first-order valence-electron chi connectivity index (χ1n) is 7.34. The van der Waals surface area contributed by atoms with Crippen LogP contribution in [0.5, 0.6) is 0 Å². The summed E-state index contributed by atoms with van der Waals surface area (Å²) in [5.74, 6) is 0. The minimum atomic E-state index is -0.0153. The first-order chi connectivity index (χ1) is 9.46. The van der Waals surface area contributed by atoms with Crippen LogP contribution >= 0.6 is 11.3 Å². The fourth-order valence-electron chi connectivity index (χ4n) is 3.04. The Morgan fingerprint density at radius 2 is 2.00 bits per heavy atom. The second-order valence-electron chi connectivity index (χ2n) is 5.69. The number of fused-ring (bicyclic) bond motifs is 1. The molecule has 2 rings (SSSR count). The SMILES string of the molecule is CCN(CC)C(C)(CN)Cc1c(C)nc2scc(C)n12. The molecule has 0 fully saturated rings. The molecule has 0 bridgehead atoms. The van der Waals surface area contributed by atoms with E-state index in [9.17, 15) is 0 Å². The Balaban J connectivity index is 2.43. The van der Waals surface area contributed by atoms with Crippen molar-refractivity contribution in [3.8, 4) is 0 Å². The van der Waals surface area contributed by atoms with E-state index in [4.69, 9.17) is 5.73 Å². The van der Waals surface area contributed by atoms with Gasteiger partial charge in [-0.15, -0.1) is 11.3 Å². The molecule has 0 aliphatic rings. The molecule has 0 saturated heterocycles. The summed E-state index contributed by atoms with van der Waals surface area (Å²) in [6.07, 6.45) is 0.940. The maximum Gasteiger partial charge on any atom is 0.194 e. The highest BCUT2D eigenvalue weighted by atomic mass is 32.1. The third-order valence-corrected chi connectivity index (χ3v) is 5.29. The Morgan fingerprint density at radius 3 is 2.55 bits per heavy atom. The van der Waals surface area contributed by atoms with E-state index in [-0.39, 0.29) is 5.54 Å². The number of likely N-dealkylation sites (N-methyl/N-ethyl adjacent to an activating group) is 1. The molecule has 0 aliphatic carbocycles. The van der Waals surface area contributed by atoms with Crippen LogP contribution in [0.2, 0.25) is 0 Å². The Bertz CT molecular complexity index is 582. The van der Waals surface area contributed by atoms with Gasteiger partial charge in [0.2, 0.25) is 0 Å². The largest absolute Gasteiger partial charge is 0.329 e. The van der Waals surface area contributed by atoms with E-state index in [0.717, 1.165) is 30.2 Å². The van der Waals surface area contributed by atoms with Crippen molar-refractivity contribution >= 4 is 16.3 Å². The lowest BCUT2D eigenvalue weighted by molar-refractivity contribution is 0.123. The molecule has 2 heterocycles. The van der Waals surface area contributed by atoms with Crippen LogP contribution in [-0.2, 0) is 6.42 Å². The maximum absolute atomic E-state index is 6.11. The van der Waals surface area contributed by atoms with Gasteiger partial charge in [0.1, 0.15) is 0 Å². The van der Waals surface area contributed by atoms with Gasteiger partial charge in [0, 0.05) is 35.3 Å². The van der Waals surface area contributed by atoms with Crippen molar-refractivity contribution in [2.45, 2.75) is 46.6 Å². The molecular weight excluding hydrogens is 268 g/mol. The minimum Gasteiger partial charge on any atom is -0.329 e. The number of nitrogens with two attached hydrogens (primary N) is 1. The molecule has 0 aliphatic heterocycles. The molecule has 2 N–H and O–H groups in total. The summed E-state index contributed by atoms with van der Waals surface area (Å²) in [7, 11) is 0. The molecule has 2 aromatic heterocycles. The number of thiazole rings is 1. The predicted molar refractivity (Wildman–Crippen MR) is 86.6 cm³/mol. The maximum atomic E-state index is 6.11. The third kappa shape index (κ3) is 2.50.